The zero-order valence-electron chi connectivity index (χ0n) is 9.96. The first-order chi connectivity index (χ1) is 8.99. The standard InChI is InChI=1S/C10H14N4O5/c11-8(15)2-1-7(9(16)17)13-10(18)12-5-6-3-4-19-14-6/h3-4,7H,1-2,5H2,(H2,11,15)(H,16,17)(H2,12,13,18). The fourth-order valence-corrected chi connectivity index (χ4v) is 1.25. The molecule has 1 aromatic rings. The van der Waals surface area contributed by atoms with Crippen molar-refractivity contribution in [2.24, 2.45) is 5.73 Å². The third-order valence-electron chi connectivity index (χ3n) is 2.20. The van der Waals surface area contributed by atoms with Gasteiger partial charge in [-0.15, -0.1) is 0 Å². The summed E-state index contributed by atoms with van der Waals surface area (Å²) in [5.74, 6) is -1.87. The van der Waals surface area contributed by atoms with Crippen LogP contribution in [0.2, 0.25) is 0 Å². The smallest absolute Gasteiger partial charge is 0.326 e. The minimum atomic E-state index is -1.24. The van der Waals surface area contributed by atoms with Crippen LogP contribution in [0.15, 0.2) is 16.9 Å². The Morgan fingerprint density at radius 1 is 1.47 bits per heavy atom. The molecule has 9 nitrogen and oxygen atoms in total. The summed E-state index contributed by atoms with van der Waals surface area (Å²) in [6, 6.07) is -0.299. The van der Waals surface area contributed by atoms with Crippen LogP contribution in [0.4, 0.5) is 4.79 Å². The van der Waals surface area contributed by atoms with Gasteiger partial charge in [-0.3, -0.25) is 4.79 Å². The Kier molecular flexibility index (Phi) is 5.33. The number of aliphatic carboxylic acids is 1. The molecule has 0 spiro atoms. The van der Waals surface area contributed by atoms with Crippen molar-refractivity contribution in [2.75, 3.05) is 0 Å². The summed E-state index contributed by atoms with van der Waals surface area (Å²) < 4.78 is 4.56. The van der Waals surface area contributed by atoms with Gasteiger partial charge in [-0.2, -0.15) is 0 Å². The van der Waals surface area contributed by atoms with Crippen LogP contribution in [0.3, 0.4) is 0 Å². The largest absolute Gasteiger partial charge is 0.480 e. The molecule has 3 amide bonds. The molecule has 1 rings (SSSR count). The lowest BCUT2D eigenvalue weighted by atomic mass is 10.1. The lowest BCUT2D eigenvalue weighted by Crippen LogP contribution is -2.46. The van der Waals surface area contributed by atoms with E-state index < -0.39 is 23.9 Å². The van der Waals surface area contributed by atoms with Gasteiger partial charge in [0.05, 0.1) is 6.54 Å². The number of nitrogens with one attached hydrogen (secondary N) is 2. The summed E-state index contributed by atoms with van der Waals surface area (Å²) >= 11 is 0. The predicted octanol–water partition coefficient (Wildman–Crippen LogP) is -0.807. The fraction of sp³-hybridized carbons (Fsp3) is 0.400. The van der Waals surface area contributed by atoms with Crippen LogP contribution in [0.25, 0.3) is 0 Å². The number of primary amides is 1. The molecule has 0 saturated carbocycles. The molecule has 5 N–H and O–H groups in total. The van der Waals surface area contributed by atoms with Crippen molar-refractivity contribution in [3.8, 4) is 0 Å². The zero-order chi connectivity index (χ0) is 14.3. The third-order valence-corrected chi connectivity index (χ3v) is 2.20. The number of carbonyl (C=O) groups excluding carboxylic acids is 2. The Labute approximate surface area is 108 Å². The summed E-state index contributed by atoms with van der Waals surface area (Å²) in [5.41, 5.74) is 5.41. The predicted molar refractivity (Wildman–Crippen MR) is 61.7 cm³/mol. The quantitative estimate of drug-likeness (QED) is 0.509. The van der Waals surface area contributed by atoms with E-state index in [9.17, 15) is 14.4 Å². The molecule has 0 aliphatic heterocycles. The second-order valence-electron chi connectivity index (χ2n) is 3.71. The van der Waals surface area contributed by atoms with Crippen molar-refractivity contribution in [1.29, 1.82) is 0 Å². The first-order valence-corrected chi connectivity index (χ1v) is 5.43. The Morgan fingerprint density at radius 2 is 2.21 bits per heavy atom. The Balaban J connectivity index is 2.38. The summed E-state index contributed by atoms with van der Waals surface area (Å²) in [6.07, 6.45) is 1.16. The number of carboxylic acid groups (broad SMARTS) is 1. The highest BCUT2D eigenvalue weighted by Gasteiger charge is 2.20. The molecular formula is C10H14N4O5. The monoisotopic (exact) mass is 270 g/mol. The first-order valence-electron chi connectivity index (χ1n) is 5.43. The van der Waals surface area contributed by atoms with Gasteiger partial charge in [0, 0.05) is 12.5 Å². The summed E-state index contributed by atoms with van der Waals surface area (Å²) in [6.45, 7) is 0.102. The zero-order valence-corrected chi connectivity index (χ0v) is 9.96. The molecule has 0 fully saturated rings. The van der Waals surface area contributed by atoms with Crippen LogP contribution in [-0.2, 0) is 16.1 Å². The maximum Gasteiger partial charge on any atom is 0.326 e. The second kappa shape index (κ2) is 6.99. The van der Waals surface area contributed by atoms with Crippen LogP contribution in [0.5, 0.6) is 0 Å². The van der Waals surface area contributed by atoms with Crippen molar-refractivity contribution >= 4 is 17.9 Å². The fourth-order valence-electron chi connectivity index (χ4n) is 1.25. The first kappa shape index (κ1) is 14.5. The highest BCUT2D eigenvalue weighted by Crippen LogP contribution is 1.98. The normalized spacial score (nSPS) is 11.6. The molecule has 9 heteroatoms. The second-order valence-corrected chi connectivity index (χ2v) is 3.71. The van der Waals surface area contributed by atoms with Crippen LogP contribution >= 0.6 is 0 Å². The summed E-state index contributed by atoms with van der Waals surface area (Å²) in [5, 5.41) is 17.1. The van der Waals surface area contributed by atoms with Crippen molar-refractivity contribution in [1.82, 2.24) is 15.8 Å². The van der Waals surface area contributed by atoms with Gasteiger partial charge in [0.2, 0.25) is 5.91 Å². The Bertz CT molecular complexity index is 445. The van der Waals surface area contributed by atoms with E-state index in [0.717, 1.165) is 0 Å². The number of aromatic nitrogens is 1. The number of hydrogen-bond acceptors (Lipinski definition) is 5. The van der Waals surface area contributed by atoms with E-state index in [2.05, 4.69) is 20.3 Å². The maximum atomic E-state index is 11.4. The molecule has 1 heterocycles. The number of hydrogen-bond donors (Lipinski definition) is 4. The number of nitrogens with zero attached hydrogens (tertiary/aromatic N) is 1. The van der Waals surface area contributed by atoms with Gasteiger partial charge in [-0.05, 0) is 6.42 Å². The van der Waals surface area contributed by atoms with E-state index in [1.54, 1.807) is 6.07 Å². The number of nitrogens with two attached hydrogens (primary N) is 1. The van der Waals surface area contributed by atoms with E-state index in [1.807, 2.05) is 0 Å². The van der Waals surface area contributed by atoms with E-state index in [0.29, 0.717) is 5.69 Å². The van der Waals surface area contributed by atoms with E-state index in [4.69, 9.17) is 10.8 Å². The number of amides is 3. The van der Waals surface area contributed by atoms with Gasteiger partial charge in [0.1, 0.15) is 18.0 Å². The molecule has 0 saturated heterocycles. The molecule has 0 aliphatic rings. The summed E-state index contributed by atoms with van der Waals surface area (Å²) in [4.78, 5) is 32.9. The lowest BCUT2D eigenvalue weighted by Gasteiger charge is -2.13. The minimum absolute atomic E-state index is 0.0674. The molecule has 1 aromatic heterocycles. The molecular weight excluding hydrogens is 256 g/mol. The van der Waals surface area contributed by atoms with Crippen molar-refractivity contribution in [3.63, 3.8) is 0 Å². The topological polar surface area (TPSA) is 148 Å². The average molecular weight is 270 g/mol. The molecule has 104 valence electrons. The van der Waals surface area contributed by atoms with Gasteiger partial charge in [0.25, 0.3) is 0 Å². The molecule has 0 radical (unpaired) electrons. The molecule has 0 aliphatic carbocycles. The third kappa shape index (κ3) is 5.52. The minimum Gasteiger partial charge on any atom is -0.480 e. The number of carbonyl (C=O) groups is 3. The highest BCUT2D eigenvalue weighted by atomic mass is 16.5. The highest BCUT2D eigenvalue weighted by molar-refractivity contribution is 5.83. The van der Waals surface area contributed by atoms with E-state index in [1.165, 1.54) is 6.26 Å². The van der Waals surface area contributed by atoms with Gasteiger partial charge in [0.15, 0.2) is 0 Å². The van der Waals surface area contributed by atoms with Crippen molar-refractivity contribution < 1.29 is 24.0 Å². The molecule has 1 atom stereocenters. The van der Waals surface area contributed by atoms with Crippen LogP contribution in [-0.4, -0.2) is 34.2 Å². The van der Waals surface area contributed by atoms with Gasteiger partial charge in [-0.25, -0.2) is 9.59 Å². The molecule has 19 heavy (non-hydrogen) atoms. The van der Waals surface area contributed by atoms with Crippen molar-refractivity contribution in [2.45, 2.75) is 25.4 Å². The number of carboxylic acids is 1. The van der Waals surface area contributed by atoms with Gasteiger partial charge >= 0.3 is 12.0 Å². The molecule has 1 unspecified atom stereocenters. The van der Waals surface area contributed by atoms with Crippen LogP contribution in [0, 0.1) is 0 Å². The SMILES string of the molecule is NC(=O)CCC(NC(=O)NCc1ccon1)C(=O)O. The van der Waals surface area contributed by atoms with Crippen LogP contribution in [0.1, 0.15) is 18.5 Å². The van der Waals surface area contributed by atoms with Gasteiger partial charge < -0.3 is 26.0 Å². The van der Waals surface area contributed by atoms with E-state index in [-0.39, 0.29) is 19.4 Å². The Hall–Kier alpha value is -2.58. The summed E-state index contributed by atoms with van der Waals surface area (Å²) in [7, 11) is 0. The lowest BCUT2D eigenvalue weighted by molar-refractivity contribution is -0.139. The molecule has 0 bridgehead atoms. The van der Waals surface area contributed by atoms with Gasteiger partial charge in [-0.1, -0.05) is 5.16 Å². The number of rotatable bonds is 7. The maximum absolute atomic E-state index is 11.4. The van der Waals surface area contributed by atoms with E-state index >= 15 is 0 Å². The molecule has 0 aromatic carbocycles. The Morgan fingerprint density at radius 3 is 2.74 bits per heavy atom. The van der Waals surface area contributed by atoms with Crippen LogP contribution < -0.4 is 16.4 Å². The average Bonchev–Trinajstić information content (AvgIpc) is 2.84. The number of urea groups is 1. The van der Waals surface area contributed by atoms with Crippen molar-refractivity contribution in [3.05, 3.63) is 18.0 Å².